The summed E-state index contributed by atoms with van der Waals surface area (Å²) < 4.78 is 5.07. The first-order valence-electron chi connectivity index (χ1n) is 5.18. The van der Waals surface area contributed by atoms with E-state index in [4.69, 9.17) is 4.74 Å². The summed E-state index contributed by atoms with van der Waals surface area (Å²) >= 11 is 2.08. The molecule has 0 aromatic carbocycles. The van der Waals surface area contributed by atoms with Gasteiger partial charge in [-0.3, -0.25) is 0 Å². The van der Waals surface area contributed by atoms with Gasteiger partial charge in [0.05, 0.1) is 0 Å². The second kappa shape index (κ2) is 6.68. The van der Waals surface area contributed by atoms with Gasteiger partial charge < -0.3 is 10.1 Å². The molecule has 0 aromatic rings. The predicted molar refractivity (Wildman–Crippen MR) is 59.4 cm³/mol. The number of nitrogens with one attached hydrogen (secondary N) is 1. The molecule has 0 aliphatic carbocycles. The highest BCUT2D eigenvalue weighted by atomic mass is 32.2. The maximum absolute atomic E-state index is 5.07. The number of thioether (sulfide) groups is 1. The van der Waals surface area contributed by atoms with Crippen LogP contribution in [0.1, 0.15) is 19.8 Å². The van der Waals surface area contributed by atoms with E-state index in [2.05, 4.69) is 24.0 Å². The van der Waals surface area contributed by atoms with Gasteiger partial charge in [-0.15, -0.1) is 0 Å². The Bertz CT molecular complexity index is 132. The second-order valence-electron chi connectivity index (χ2n) is 3.60. The largest absolute Gasteiger partial charge is 0.385 e. The molecular weight excluding hydrogens is 182 g/mol. The van der Waals surface area contributed by atoms with Crippen molar-refractivity contribution >= 4 is 11.8 Å². The van der Waals surface area contributed by atoms with Crippen LogP contribution in [0.25, 0.3) is 0 Å². The van der Waals surface area contributed by atoms with Crippen molar-refractivity contribution < 1.29 is 4.74 Å². The van der Waals surface area contributed by atoms with Gasteiger partial charge in [0.1, 0.15) is 0 Å². The van der Waals surface area contributed by atoms with Gasteiger partial charge >= 0.3 is 0 Å². The van der Waals surface area contributed by atoms with Crippen molar-refractivity contribution in [2.45, 2.75) is 25.8 Å². The Morgan fingerprint density at radius 1 is 1.46 bits per heavy atom. The zero-order chi connectivity index (χ0) is 9.52. The van der Waals surface area contributed by atoms with Crippen LogP contribution in [0.4, 0.5) is 0 Å². The molecule has 1 N–H and O–H groups in total. The van der Waals surface area contributed by atoms with Gasteiger partial charge in [0.2, 0.25) is 0 Å². The minimum absolute atomic E-state index is 0.756. The molecular formula is C10H21NOS. The SMILES string of the molecule is CCNC1CSCC1CCCOC. The molecule has 1 aliphatic heterocycles. The zero-order valence-corrected chi connectivity index (χ0v) is 9.53. The monoisotopic (exact) mass is 203 g/mol. The first-order chi connectivity index (χ1) is 6.38. The normalized spacial score (nSPS) is 28.2. The van der Waals surface area contributed by atoms with Crippen molar-refractivity contribution in [1.29, 1.82) is 0 Å². The molecule has 0 spiro atoms. The first-order valence-corrected chi connectivity index (χ1v) is 6.34. The fraction of sp³-hybridized carbons (Fsp3) is 1.00. The van der Waals surface area contributed by atoms with Crippen molar-refractivity contribution in [3.05, 3.63) is 0 Å². The summed E-state index contributed by atoms with van der Waals surface area (Å²) in [6, 6.07) is 0.756. The van der Waals surface area contributed by atoms with E-state index in [-0.39, 0.29) is 0 Å². The molecule has 0 radical (unpaired) electrons. The summed E-state index contributed by atoms with van der Waals surface area (Å²) in [5.74, 6) is 3.51. The minimum Gasteiger partial charge on any atom is -0.385 e. The molecule has 0 aromatic heterocycles. The predicted octanol–water partition coefficient (Wildman–Crippen LogP) is 1.75. The molecule has 78 valence electrons. The molecule has 2 atom stereocenters. The van der Waals surface area contributed by atoms with Crippen LogP contribution in [0.3, 0.4) is 0 Å². The molecule has 1 rings (SSSR count). The molecule has 1 aliphatic rings. The van der Waals surface area contributed by atoms with Crippen LogP contribution in [0, 0.1) is 5.92 Å². The Hall–Kier alpha value is 0.270. The van der Waals surface area contributed by atoms with Crippen LogP contribution < -0.4 is 5.32 Å². The molecule has 0 bridgehead atoms. The smallest absolute Gasteiger partial charge is 0.0462 e. The second-order valence-corrected chi connectivity index (χ2v) is 4.67. The van der Waals surface area contributed by atoms with Gasteiger partial charge in [0, 0.05) is 25.5 Å². The Balaban J connectivity index is 2.15. The van der Waals surface area contributed by atoms with Gasteiger partial charge in [-0.1, -0.05) is 6.92 Å². The van der Waals surface area contributed by atoms with Crippen molar-refractivity contribution in [2.24, 2.45) is 5.92 Å². The van der Waals surface area contributed by atoms with Crippen molar-refractivity contribution in [1.82, 2.24) is 5.32 Å². The fourth-order valence-corrected chi connectivity index (χ4v) is 3.34. The standard InChI is InChI=1S/C10H21NOS/c1-3-11-10-8-13-7-9(10)5-4-6-12-2/h9-11H,3-8H2,1-2H3. The summed E-state index contributed by atoms with van der Waals surface area (Å²) in [6.07, 6.45) is 2.53. The van der Waals surface area contributed by atoms with Gasteiger partial charge in [0.25, 0.3) is 0 Å². The van der Waals surface area contributed by atoms with E-state index < -0.39 is 0 Å². The molecule has 2 nitrogen and oxygen atoms in total. The van der Waals surface area contributed by atoms with E-state index in [1.165, 1.54) is 24.3 Å². The molecule has 1 fully saturated rings. The van der Waals surface area contributed by atoms with Crippen molar-refractivity contribution in [2.75, 3.05) is 31.8 Å². The van der Waals surface area contributed by atoms with Crippen molar-refractivity contribution in [3.8, 4) is 0 Å². The van der Waals surface area contributed by atoms with Crippen LogP contribution in [0.5, 0.6) is 0 Å². The summed E-state index contributed by atoms with van der Waals surface area (Å²) in [5, 5.41) is 3.56. The molecule has 0 amide bonds. The summed E-state index contributed by atoms with van der Waals surface area (Å²) in [5.41, 5.74) is 0. The van der Waals surface area contributed by atoms with Gasteiger partial charge in [-0.05, 0) is 31.1 Å². The summed E-state index contributed by atoms with van der Waals surface area (Å²) in [7, 11) is 1.78. The van der Waals surface area contributed by atoms with Gasteiger partial charge in [0.15, 0.2) is 0 Å². The third-order valence-corrected chi connectivity index (χ3v) is 3.85. The minimum atomic E-state index is 0.756. The maximum Gasteiger partial charge on any atom is 0.0462 e. The van der Waals surface area contributed by atoms with E-state index in [0.717, 1.165) is 25.1 Å². The lowest BCUT2D eigenvalue weighted by molar-refractivity contribution is 0.186. The molecule has 3 heteroatoms. The Morgan fingerprint density at radius 2 is 2.31 bits per heavy atom. The molecule has 1 saturated heterocycles. The topological polar surface area (TPSA) is 21.3 Å². The van der Waals surface area contributed by atoms with E-state index in [9.17, 15) is 0 Å². The highest BCUT2D eigenvalue weighted by Crippen LogP contribution is 2.27. The van der Waals surface area contributed by atoms with E-state index >= 15 is 0 Å². The highest BCUT2D eigenvalue weighted by molar-refractivity contribution is 7.99. The molecule has 2 unspecified atom stereocenters. The highest BCUT2D eigenvalue weighted by Gasteiger charge is 2.26. The summed E-state index contributed by atoms with van der Waals surface area (Å²) in [6.45, 7) is 4.21. The Morgan fingerprint density at radius 3 is 3.00 bits per heavy atom. The molecule has 1 heterocycles. The van der Waals surface area contributed by atoms with Crippen molar-refractivity contribution in [3.63, 3.8) is 0 Å². The van der Waals surface area contributed by atoms with Crippen LogP contribution >= 0.6 is 11.8 Å². The Labute approximate surface area is 85.8 Å². The third-order valence-electron chi connectivity index (χ3n) is 2.59. The average molecular weight is 203 g/mol. The number of methoxy groups -OCH3 is 1. The molecule has 13 heavy (non-hydrogen) atoms. The van der Waals surface area contributed by atoms with Crippen LogP contribution in [-0.4, -0.2) is 37.8 Å². The van der Waals surface area contributed by atoms with E-state index in [1.807, 2.05) is 0 Å². The van der Waals surface area contributed by atoms with Gasteiger partial charge in [-0.2, -0.15) is 11.8 Å². The number of rotatable bonds is 6. The maximum atomic E-state index is 5.07. The fourth-order valence-electron chi connectivity index (χ4n) is 1.86. The van der Waals surface area contributed by atoms with Crippen LogP contribution in [0.2, 0.25) is 0 Å². The number of hydrogen-bond acceptors (Lipinski definition) is 3. The zero-order valence-electron chi connectivity index (χ0n) is 8.71. The number of ether oxygens (including phenoxy) is 1. The summed E-state index contributed by atoms with van der Waals surface area (Å²) in [4.78, 5) is 0. The quantitative estimate of drug-likeness (QED) is 0.665. The lowest BCUT2D eigenvalue weighted by Gasteiger charge is -2.18. The lowest BCUT2D eigenvalue weighted by atomic mass is 9.98. The molecule has 0 saturated carbocycles. The third kappa shape index (κ3) is 3.88. The van der Waals surface area contributed by atoms with Crippen LogP contribution in [-0.2, 0) is 4.74 Å². The van der Waals surface area contributed by atoms with E-state index in [0.29, 0.717) is 0 Å². The van der Waals surface area contributed by atoms with E-state index in [1.54, 1.807) is 7.11 Å². The lowest BCUT2D eigenvalue weighted by Crippen LogP contribution is -2.35. The number of hydrogen-bond donors (Lipinski definition) is 1. The van der Waals surface area contributed by atoms with Crippen LogP contribution in [0.15, 0.2) is 0 Å². The van der Waals surface area contributed by atoms with Gasteiger partial charge in [-0.25, -0.2) is 0 Å². The Kier molecular flexibility index (Phi) is 5.83. The average Bonchev–Trinajstić information content (AvgIpc) is 2.54. The first kappa shape index (κ1) is 11.3.